The molecular weight excluding hydrogens is 410 g/mol. The summed E-state index contributed by atoms with van der Waals surface area (Å²) in [6.45, 7) is 4.10. The zero-order valence-electron chi connectivity index (χ0n) is 17.7. The predicted octanol–water partition coefficient (Wildman–Crippen LogP) is 3.06. The van der Waals surface area contributed by atoms with Crippen LogP contribution in [0.25, 0.3) is 0 Å². The van der Waals surface area contributed by atoms with Gasteiger partial charge in [-0.25, -0.2) is 13.1 Å². The number of hydrogen-bond donors (Lipinski definition) is 1. The first-order chi connectivity index (χ1) is 15.0. The second kappa shape index (κ2) is 8.37. The highest BCUT2D eigenvalue weighted by Crippen LogP contribution is 2.37. The van der Waals surface area contributed by atoms with Crippen molar-refractivity contribution in [2.24, 2.45) is 5.92 Å². The minimum atomic E-state index is -3.62. The van der Waals surface area contributed by atoms with Crippen molar-refractivity contribution in [3.8, 4) is 0 Å². The lowest BCUT2D eigenvalue weighted by molar-refractivity contribution is -0.119. The summed E-state index contributed by atoms with van der Waals surface area (Å²) in [6.07, 6.45) is 5.16. The van der Waals surface area contributed by atoms with Gasteiger partial charge in [0, 0.05) is 31.2 Å². The quantitative estimate of drug-likeness (QED) is 0.720. The van der Waals surface area contributed by atoms with Crippen molar-refractivity contribution in [1.82, 2.24) is 9.62 Å². The van der Waals surface area contributed by atoms with Crippen molar-refractivity contribution in [2.75, 3.05) is 24.5 Å². The maximum Gasteiger partial charge on any atom is 0.240 e. The molecular formula is C24H29N3O3S. The Morgan fingerprint density at radius 2 is 1.77 bits per heavy atom. The molecule has 7 heteroatoms. The molecule has 31 heavy (non-hydrogen) atoms. The molecule has 2 aliphatic heterocycles. The van der Waals surface area contributed by atoms with Crippen LogP contribution in [0.15, 0.2) is 47.4 Å². The summed E-state index contributed by atoms with van der Waals surface area (Å²) in [5.41, 5.74) is 3.98. The molecule has 0 spiro atoms. The largest absolute Gasteiger partial charge is 0.312 e. The molecule has 2 aromatic rings. The molecule has 2 fully saturated rings. The number of carbonyl (C=O) groups is 1. The van der Waals surface area contributed by atoms with E-state index < -0.39 is 10.0 Å². The van der Waals surface area contributed by atoms with E-state index >= 15 is 0 Å². The highest BCUT2D eigenvalue weighted by Gasteiger charge is 2.36. The van der Waals surface area contributed by atoms with Crippen LogP contribution in [0.5, 0.6) is 0 Å². The number of amides is 1. The molecule has 0 unspecified atom stereocenters. The van der Waals surface area contributed by atoms with Crippen molar-refractivity contribution in [3.05, 3.63) is 59.2 Å². The van der Waals surface area contributed by atoms with Crippen LogP contribution >= 0.6 is 0 Å². The van der Waals surface area contributed by atoms with E-state index in [1.165, 1.54) is 18.4 Å². The van der Waals surface area contributed by atoms with E-state index in [0.717, 1.165) is 49.3 Å². The highest BCUT2D eigenvalue weighted by molar-refractivity contribution is 7.89. The SMILES string of the molecule is O=C(C1CC1)N1CCc2cc(S(=O)(=O)NCc3cccc(CN4CCCC4)c3)ccc21. The number of rotatable bonds is 7. The van der Waals surface area contributed by atoms with Gasteiger partial charge in [0.15, 0.2) is 0 Å². The lowest BCUT2D eigenvalue weighted by Crippen LogP contribution is -2.30. The third-order valence-corrected chi connectivity index (χ3v) is 7.91. The molecule has 0 atom stereocenters. The normalized spacial score (nSPS) is 19.0. The van der Waals surface area contributed by atoms with E-state index in [9.17, 15) is 13.2 Å². The second-order valence-corrected chi connectivity index (χ2v) is 10.7. The number of nitrogens with one attached hydrogen (secondary N) is 1. The minimum Gasteiger partial charge on any atom is -0.312 e. The van der Waals surface area contributed by atoms with Gasteiger partial charge in [-0.3, -0.25) is 9.69 Å². The highest BCUT2D eigenvalue weighted by atomic mass is 32.2. The van der Waals surface area contributed by atoms with Crippen LogP contribution in [-0.4, -0.2) is 38.9 Å². The zero-order valence-corrected chi connectivity index (χ0v) is 18.5. The molecule has 0 aromatic heterocycles. The summed E-state index contributed by atoms with van der Waals surface area (Å²) in [6, 6.07) is 13.3. The number of anilines is 1. The molecule has 0 radical (unpaired) electrons. The molecule has 6 nitrogen and oxygen atoms in total. The topological polar surface area (TPSA) is 69.7 Å². The summed E-state index contributed by atoms with van der Waals surface area (Å²) in [7, 11) is -3.62. The number of fused-ring (bicyclic) bond motifs is 1. The smallest absolute Gasteiger partial charge is 0.240 e. The summed E-state index contributed by atoms with van der Waals surface area (Å²) in [5, 5.41) is 0. The van der Waals surface area contributed by atoms with Gasteiger partial charge in [0.05, 0.1) is 4.90 Å². The Hall–Kier alpha value is -2.22. The standard InChI is InChI=1S/C24H29N3O3S/c28-24(20-6-7-20)27-13-10-21-15-22(8-9-23(21)27)31(29,30)25-16-18-4-3-5-19(14-18)17-26-11-1-2-12-26/h3-5,8-9,14-15,20,25H,1-2,6-7,10-13,16-17H2. The number of carbonyl (C=O) groups excluding carboxylic acids is 1. The Morgan fingerprint density at radius 1 is 1.00 bits per heavy atom. The average molecular weight is 440 g/mol. The molecule has 3 aliphatic rings. The maximum atomic E-state index is 12.9. The molecule has 1 amide bonds. The number of nitrogens with zero attached hydrogens (tertiary/aromatic N) is 2. The van der Waals surface area contributed by atoms with Gasteiger partial charge in [-0.15, -0.1) is 0 Å². The second-order valence-electron chi connectivity index (χ2n) is 8.93. The van der Waals surface area contributed by atoms with Gasteiger partial charge in [0.25, 0.3) is 0 Å². The Morgan fingerprint density at radius 3 is 2.55 bits per heavy atom. The lowest BCUT2D eigenvalue weighted by atomic mass is 10.1. The molecule has 1 saturated carbocycles. The summed E-state index contributed by atoms with van der Waals surface area (Å²) in [5.74, 6) is 0.346. The van der Waals surface area contributed by atoms with Crippen LogP contribution in [0.2, 0.25) is 0 Å². The minimum absolute atomic E-state index is 0.164. The van der Waals surface area contributed by atoms with Gasteiger partial charge in [-0.2, -0.15) is 0 Å². The van der Waals surface area contributed by atoms with Crippen molar-refractivity contribution >= 4 is 21.6 Å². The fourth-order valence-corrected chi connectivity index (χ4v) is 5.69. The first-order valence-corrected chi connectivity index (χ1v) is 12.7. The molecule has 1 saturated heterocycles. The van der Waals surface area contributed by atoms with Crippen molar-refractivity contribution in [1.29, 1.82) is 0 Å². The summed E-state index contributed by atoms with van der Waals surface area (Å²) < 4.78 is 28.5. The van der Waals surface area contributed by atoms with E-state index in [1.54, 1.807) is 18.2 Å². The van der Waals surface area contributed by atoms with Gasteiger partial charge in [0.1, 0.15) is 0 Å². The number of hydrogen-bond acceptors (Lipinski definition) is 4. The average Bonchev–Trinajstić information content (AvgIpc) is 3.33. The van der Waals surface area contributed by atoms with Gasteiger partial charge in [0.2, 0.25) is 15.9 Å². The molecule has 2 heterocycles. The number of sulfonamides is 1. The van der Waals surface area contributed by atoms with Crippen LogP contribution < -0.4 is 9.62 Å². The van der Waals surface area contributed by atoms with Crippen molar-refractivity contribution in [2.45, 2.75) is 50.1 Å². The van der Waals surface area contributed by atoms with Crippen LogP contribution in [-0.2, 0) is 34.3 Å². The summed E-state index contributed by atoms with van der Waals surface area (Å²) >= 11 is 0. The molecule has 5 rings (SSSR count). The molecule has 2 aromatic carbocycles. The number of benzene rings is 2. The van der Waals surface area contributed by atoms with E-state index in [2.05, 4.69) is 21.8 Å². The van der Waals surface area contributed by atoms with Crippen LogP contribution in [0.3, 0.4) is 0 Å². The Balaban J connectivity index is 1.25. The lowest BCUT2D eigenvalue weighted by Gasteiger charge is -2.17. The fourth-order valence-electron chi connectivity index (χ4n) is 4.62. The van der Waals surface area contributed by atoms with Gasteiger partial charge < -0.3 is 4.90 Å². The van der Waals surface area contributed by atoms with Gasteiger partial charge in [-0.1, -0.05) is 24.3 Å². The predicted molar refractivity (Wildman–Crippen MR) is 120 cm³/mol. The first-order valence-electron chi connectivity index (χ1n) is 11.2. The number of likely N-dealkylation sites (tertiary alicyclic amines) is 1. The van der Waals surface area contributed by atoms with Gasteiger partial charge >= 0.3 is 0 Å². The Kier molecular flexibility index (Phi) is 5.58. The first kappa shape index (κ1) is 20.7. The van der Waals surface area contributed by atoms with E-state index in [0.29, 0.717) is 13.0 Å². The van der Waals surface area contributed by atoms with Crippen LogP contribution in [0.1, 0.15) is 42.4 Å². The van der Waals surface area contributed by atoms with E-state index in [-0.39, 0.29) is 23.3 Å². The monoisotopic (exact) mass is 439 g/mol. The summed E-state index contributed by atoms with van der Waals surface area (Å²) in [4.78, 5) is 17.0. The Bertz CT molecular complexity index is 1090. The van der Waals surface area contributed by atoms with E-state index in [4.69, 9.17) is 0 Å². The fraction of sp³-hybridized carbons (Fsp3) is 0.458. The zero-order chi connectivity index (χ0) is 21.4. The molecule has 1 N–H and O–H groups in total. The molecule has 1 aliphatic carbocycles. The Labute approximate surface area is 184 Å². The van der Waals surface area contributed by atoms with Gasteiger partial charge in [-0.05, 0) is 80.1 Å². The van der Waals surface area contributed by atoms with Crippen LogP contribution in [0.4, 0.5) is 5.69 Å². The van der Waals surface area contributed by atoms with Crippen molar-refractivity contribution < 1.29 is 13.2 Å². The maximum absolute atomic E-state index is 12.9. The molecule has 164 valence electrons. The third-order valence-electron chi connectivity index (χ3n) is 6.51. The van der Waals surface area contributed by atoms with Crippen molar-refractivity contribution in [3.63, 3.8) is 0 Å². The van der Waals surface area contributed by atoms with Crippen LogP contribution in [0, 0.1) is 5.92 Å². The van der Waals surface area contributed by atoms with E-state index in [1.807, 2.05) is 17.0 Å². The third kappa shape index (κ3) is 4.54. The molecule has 0 bridgehead atoms.